The van der Waals surface area contributed by atoms with Gasteiger partial charge in [0.05, 0.1) is 15.9 Å². The van der Waals surface area contributed by atoms with E-state index in [9.17, 15) is 13.2 Å². The van der Waals surface area contributed by atoms with Crippen molar-refractivity contribution in [2.45, 2.75) is 50.5 Å². The number of imidazole rings is 1. The van der Waals surface area contributed by atoms with Crippen molar-refractivity contribution in [3.05, 3.63) is 36.3 Å². The predicted octanol–water partition coefficient (Wildman–Crippen LogP) is 2.54. The molecule has 166 valence electrons. The van der Waals surface area contributed by atoms with Crippen LogP contribution < -0.4 is 5.32 Å². The zero-order chi connectivity index (χ0) is 22.0. The molecule has 0 spiro atoms. The Morgan fingerprint density at radius 1 is 1.19 bits per heavy atom. The van der Waals surface area contributed by atoms with E-state index in [4.69, 9.17) is 4.98 Å². The Morgan fingerprint density at radius 3 is 2.65 bits per heavy atom. The number of hydrogen-bond acceptors (Lipinski definition) is 5. The molecule has 1 aliphatic rings. The van der Waals surface area contributed by atoms with Crippen molar-refractivity contribution in [1.29, 1.82) is 0 Å². The molecule has 1 aromatic carbocycles. The minimum Gasteiger partial charge on any atom is -0.328 e. The number of aryl methyl sites for hydroxylation is 3. The van der Waals surface area contributed by atoms with Gasteiger partial charge in [0.2, 0.25) is 15.9 Å². The first-order chi connectivity index (χ1) is 14.9. The van der Waals surface area contributed by atoms with Crippen LogP contribution in [-0.4, -0.2) is 51.1 Å². The monoisotopic (exact) mass is 444 g/mol. The summed E-state index contributed by atoms with van der Waals surface area (Å²) in [5.74, 6) is 1.17. The van der Waals surface area contributed by atoms with Gasteiger partial charge in [-0.25, -0.2) is 13.4 Å². The lowest BCUT2D eigenvalue weighted by Crippen LogP contribution is -2.27. The van der Waals surface area contributed by atoms with Crippen LogP contribution in [0.4, 0.5) is 5.82 Å². The van der Waals surface area contributed by atoms with Gasteiger partial charge in [-0.15, -0.1) is 0 Å². The standard InChI is InChI=1S/C21H28N6O3S/c1-3-11-27-18-7-6-16(31(29,30)26-12-4-5-13-26)15-17(18)22-20(27)8-9-21(28)23-19-10-14-25(2)24-19/h6-7,10,14-15H,3-5,8-9,11-13H2,1-2H3,(H,23,24,28). The number of nitrogens with zero attached hydrogens (tertiary/aromatic N) is 5. The van der Waals surface area contributed by atoms with Gasteiger partial charge in [0, 0.05) is 51.8 Å². The van der Waals surface area contributed by atoms with E-state index in [-0.39, 0.29) is 17.2 Å². The molecule has 0 aliphatic carbocycles. The minimum absolute atomic E-state index is 0.133. The van der Waals surface area contributed by atoms with E-state index in [0.717, 1.165) is 37.1 Å². The Balaban J connectivity index is 1.56. The quantitative estimate of drug-likeness (QED) is 0.575. The number of carbonyl (C=O) groups excluding carboxylic acids is 1. The van der Waals surface area contributed by atoms with Crippen molar-refractivity contribution in [1.82, 2.24) is 23.6 Å². The van der Waals surface area contributed by atoms with Gasteiger partial charge in [0.1, 0.15) is 5.82 Å². The number of aromatic nitrogens is 4. The molecule has 0 saturated carbocycles. The average molecular weight is 445 g/mol. The number of rotatable bonds is 8. The molecule has 2 aromatic heterocycles. The SMILES string of the molecule is CCCn1c(CCC(=O)Nc2ccn(C)n2)nc2cc(S(=O)(=O)N3CCCC3)ccc21. The first-order valence-corrected chi connectivity index (χ1v) is 12.1. The average Bonchev–Trinajstić information content (AvgIpc) is 3.47. The largest absolute Gasteiger partial charge is 0.328 e. The van der Waals surface area contributed by atoms with Gasteiger partial charge in [-0.05, 0) is 37.5 Å². The summed E-state index contributed by atoms with van der Waals surface area (Å²) in [7, 11) is -1.70. The fraction of sp³-hybridized carbons (Fsp3) is 0.476. The highest BCUT2D eigenvalue weighted by Gasteiger charge is 2.27. The molecule has 1 amide bonds. The second kappa shape index (κ2) is 8.80. The number of benzene rings is 1. The van der Waals surface area contributed by atoms with Crippen LogP contribution in [-0.2, 0) is 34.8 Å². The topological polar surface area (TPSA) is 102 Å². The summed E-state index contributed by atoms with van der Waals surface area (Å²) in [5.41, 5.74) is 1.54. The van der Waals surface area contributed by atoms with Crippen molar-refractivity contribution in [3.63, 3.8) is 0 Å². The van der Waals surface area contributed by atoms with Crippen LogP contribution in [0.5, 0.6) is 0 Å². The van der Waals surface area contributed by atoms with Crippen LogP contribution in [0, 0.1) is 0 Å². The molecule has 9 nitrogen and oxygen atoms in total. The van der Waals surface area contributed by atoms with Crippen molar-refractivity contribution in [2.75, 3.05) is 18.4 Å². The van der Waals surface area contributed by atoms with Crippen molar-refractivity contribution in [3.8, 4) is 0 Å². The summed E-state index contributed by atoms with van der Waals surface area (Å²) < 4.78 is 31.1. The number of anilines is 1. The van der Waals surface area contributed by atoms with Crippen LogP contribution >= 0.6 is 0 Å². The molecule has 0 bridgehead atoms. The van der Waals surface area contributed by atoms with Gasteiger partial charge in [0.15, 0.2) is 5.82 Å². The Morgan fingerprint density at radius 2 is 1.97 bits per heavy atom. The number of sulfonamides is 1. The van der Waals surface area contributed by atoms with Gasteiger partial charge in [-0.2, -0.15) is 9.40 Å². The molecule has 10 heteroatoms. The van der Waals surface area contributed by atoms with E-state index in [1.54, 1.807) is 40.4 Å². The Hall–Kier alpha value is -2.72. The first-order valence-electron chi connectivity index (χ1n) is 10.7. The molecule has 31 heavy (non-hydrogen) atoms. The summed E-state index contributed by atoms with van der Waals surface area (Å²) in [5, 5.41) is 6.94. The fourth-order valence-electron chi connectivity index (χ4n) is 3.97. The van der Waals surface area contributed by atoms with E-state index in [0.29, 0.717) is 30.8 Å². The summed E-state index contributed by atoms with van der Waals surface area (Å²) in [6.07, 6.45) is 5.20. The fourth-order valence-corrected chi connectivity index (χ4v) is 5.51. The molecule has 1 fully saturated rings. The molecule has 1 aliphatic heterocycles. The molecule has 3 aromatic rings. The van der Waals surface area contributed by atoms with Gasteiger partial charge in [-0.3, -0.25) is 9.48 Å². The summed E-state index contributed by atoms with van der Waals surface area (Å²) >= 11 is 0. The highest BCUT2D eigenvalue weighted by atomic mass is 32.2. The van der Waals surface area contributed by atoms with Crippen LogP contribution in [0.25, 0.3) is 11.0 Å². The summed E-state index contributed by atoms with van der Waals surface area (Å²) in [4.78, 5) is 17.3. The Labute approximate surface area is 182 Å². The predicted molar refractivity (Wildman–Crippen MR) is 118 cm³/mol. The van der Waals surface area contributed by atoms with E-state index in [1.165, 1.54) is 0 Å². The van der Waals surface area contributed by atoms with Crippen LogP contribution in [0.2, 0.25) is 0 Å². The molecule has 1 N–H and O–H groups in total. The molecule has 0 atom stereocenters. The zero-order valence-electron chi connectivity index (χ0n) is 17.9. The van der Waals surface area contributed by atoms with E-state index in [1.807, 2.05) is 6.07 Å². The van der Waals surface area contributed by atoms with E-state index < -0.39 is 10.0 Å². The number of carbonyl (C=O) groups is 1. The van der Waals surface area contributed by atoms with Gasteiger partial charge in [0.25, 0.3) is 0 Å². The lowest BCUT2D eigenvalue weighted by Gasteiger charge is -2.15. The number of nitrogens with one attached hydrogen (secondary N) is 1. The third-order valence-corrected chi connectivity index (χ3v) is 7.40. The minimum atomic E-state index is -3.49. The van der Waals surface area contributed by atoms with Crippen molar-refractivity contribution < 1.29 is 13.2 Å². The van der Waals surface area contributed by atoms with E-state index >= 15 is 0 Å². The van der Waals surface area contributed by atoms with Crippen LogP contribution in [0.3, 0.4) is 0 Å². The molecule has 0 unspecified atom stereocenters. The Bertz CT molecular complexity index is 1190. The van der Waals surface area contributed by atoms with Crippen molar-refractivity contribution >= 4 is 32.8 Å². The molecule has 3 heterocycles. The van der Waals surface area contributed by atoms with Crippen LogP contribution in [0.1, 0.15) is 38.4 Å². The molecule has 0 radical (unpaired) electrons. The summed E-state index contributed by atoms with van der Waals surface area (Å²) in [6, 6.07) is 6.90. The maximum atomic E-state index is 12.9. The second-order valence-electron chi connectivity index (χ2n) is 7.86. The molecule has 4 rings (SSSR count). The highest BCUT2D eigenvalue weighted by Crippen LogP contribution is 2.26. The number of fused-ring (bicyclic) bond motifs is 1. The van der Waals surface area contributed by atoms with E-state index in [2.05, 4.69) is 21.9 Å². The number of hydrogen-bond donors (Lipinski definition) is 1. The molecular weight excluding hydrogens is 416 g/mol. The first kappa shape index (κ1) is 21.5. The smallest absolute Gasteiger partial charge is 0.243 e. The Kier molecular flexibility index (Phi) is 6.10. The van der Waals surface area contributed by atoms with Gasteiger partial charge >= 0.3 is 0 Å². The normalized spacial score (nSPS) is 15.0. The van der Waals surface area contributed by atoms with Gasteiger partial charge < -0.3 is 9.88 Å². The van der Waals surface area contributed by atoms with Gasteiger partial charge in [-0.1, -0.05) is 6.92 Å². The lowest BCUT2D eigenvalue weighted by molar-refractivity contribution is -0.116. The number of amides is 1. The van der Waals surface area contributed by atoms with Crippen molar-refractivity contribution in [2.24, 2.45) is 7.05 Å². The maximum absolute atomic E-state index is 12.9. The summed E-state index contributed by atoms with van der Waals surface area (Å²) in [6.45, 7) is 3.98. The second-order valence-corrected chi connectivity index (χ2v) is 9.80. The molecule has 1 saturated heterocycles. The lowest BCUT2D eigenvalue weighted by atomic mass is 10.2. The third-order valence-electron chi connectivity index (χ3n) is 5.51. The molecular formula is C21H28N6O3S. The maximum Gasteiger partial charge on any atom is 0.243 e. The van der Waals surface area contributed by atoms with Crippen LogP contribution in [0.15, 0.2) is 35.4 Å². The third kappa shape index (κ3) is 4.49. The zero-order valence-corrected chi connectivity index (χ0v) is 18.7. The highest BCUT2D eigenvalue weighted by molar-refractivity contribution is 7.89.